The van der Waals surface area contributed by atoms with E-state index in [4.69, 9.17) is 0 Å². The van der Waals surface area contributed by atoms with E-state index in [9.17, 15) is 18.1 Å². The molecule has 0 amide bonds. The fourth-order valence-electron chi connectivity index (χ4n) is 4.00. The van der Waals surface area contributed by atoms with Crippen LogP contribution in [0.5, 0.6) is 0 Å². The van der Waals surface area contributed by atoms with E-state index in [-0.39, 0.29) is 57.8 Å². The minimum Gasteiger partial charge on any atom is -0.748 e. The average molecular weight is 473 g/mol. The van der Waals surface area contributed by atoms with Crippen molar-refractivity contribution in [2.24, 2.45) is 0 Å². The van der Waals surface area contributed by atoms with Crippen molar-refractivity contribution in [2.75, 3.05) is 0 Å². The average Bonchev–Trinajstić information content (AvgIpc) is 2.67. The van der Waals surface area contributed by atoms with Crippen molar-refractivity contribution >= 4 is 10.1 Å². The number of rotatable bonds is 22. The summed E-state index contributed by atoms with van der Waals surface area (Å²) in [5.41, 5.74) is 0. The van der Waals surface area contributed by atoms with E-state index in [0.29, 0.717) is 12.8 Å². The third-order valence-electron chi connectivity index (χ3n) is 5.96. The van der Waals surface area contributed by atoms with Crippen LogP contribution in [-0.4, -0.2) is 29.4 Å². The molecule has 2 atom stereocenters. The van der Waals surface area contributed by atoms with Crippen LogP contribution < -0.4 is 51.4 Å². The molecule has 0 aliphatic carbocycles. The van der Waals surface area contributed by atoms with Crippen LogP contribution in [-0.2, 0) is 10.1 Å². The van der Waals surface area contributed by atoms with Crippen molar-refractivity contribution in [3.05, 3.63) is 0 Å². The van der Waals surface area contributed by atoms with Crippen molar-refractivity contribution in [1.82, 2.24) is 0 Å². The van der Waals surface area contributed by atoms with Crippen LogP contribution in [0.2, 0.25) is 0 Å². The first-order valence-corrected chi connectivity index (χ1v) is 14.0. The smallest absolute Gasteiger partial charge is 0.748 e. The van der Waals surface area contributed by atoms with Crippen LogP contribution in [0.25, 0.3) is 0 Å². The molecule has 0 fully saturated rings. The second-order valence-corrected chi connectivity index (χ2v) is 10.5. The van der Waals surface area contributed by atoms with Crippen LogP contribution >= 0.6 is 0 Å². The first-order chi connectivity index (χ1) is 13.9. The van der Waals surface area contributed by atoms with Gasteiger partial charge in [-0.2, -0.15) is 0 Å². The maximum absolute atomic E-state index is 11.6. The Labute approximate surface area is 230 Å². The molecule has 0 radical (unpaired) electrons. The zero-order chi connectivity index (χ0) is 21.8. The van der Waals surface area contributed by atoms with Gasteiger partial charge in [-0.15, -0.1) is 0 Å². The van der Waals surface area contributed by atoms with Crippen molar-refractivity contribution < 1.29 is 69.5 Å². The molecule has 0 saturated carbocycles. The number of aliphatic hydroxyl groups excluding tert-OH is 1. The van der Waals surface area contributed by atoms with Gasteiger partial charge >= 0.3 is 51.4 Å². The van der Waals surface area contributed by atoms with Crippen molar-refractivity contribution in [3.8, 4) is 0 Å². The summed E-state index contributed by atoms with van der Waals surface area (Å²) >= 11 is 0. The molecular formula is C24H49KO4S. The summed E-state index contributed by atoms with van der Waals surface area (Å²) in [6.07, 6.45) is 20.6. The second-order valence-electron chi connectivity index (χ2n) is 8.88. The Kier molecular flexibility index (Phi) is 26.6. The van der Waals surface area contributed by atoms with Crippen LogP contribution in [0.15, 0.2) is 0 Å². The molecule has 0 bridgehead atoms. The molecule has 4 nitrogen and oxygen atoms in total. The van der Waals surface area contributed by atoms with Gasteiger partial charge in [-0.3, -0.25) is 0 Å². The molecule has 2 unspecified atom stereocenters. The molecular weight excluding hydrogens is 423 g/mol. The zero-order valence-corrected chi connectivity index (χ0v) is 24.3. The Morgan fingerprint density at radius 2 is 0.967 bits per heavy atom. The number of unbranched alkanes of at least 4 members (excludes halogenated alkanes) is 15. The Hall–Kier alpha value is 1.51. The normalized spacial score (nSPS) is 13.7. The molecule has 0 saturated heterocycles. The molecule has 0 rings (SSSR count). The van der Waals surface area contributed by atoms with Crippen LogP contribution in [0.3, 0.4) is 0 Å². The predicted octanol–water partition coefficient (Wildman–Crippen LogP) is 4.11. The zero-order valence-electron chi connectivity index (χ0n) is 20.4. The summed E-state index contributed by atoms with van der Waals surface area (Å²) in [6.45, 7) is 4.42. The maximum Gasteiger partial charge on any atom is 1.00 e. The van der Waals surface area contributed by atoms with E-state index in [1.807, 2.05) is 0 Å². The summed E-state index contributed by atoms with van der Waals surface area (Å²) < 4.78 is 34.7. The predicted molar refractivity (Wildman–Crippen MR) is 123 cm³/mol. The molecule has 0 aromatic rings. The Morgan fingerprint density at radius 1 is 0.633 bits per heavy atom. The molecule has 0 spiro atoms. The van der Waals surface area contributed by atoms with E-state index < -0.39 is 21.5 Å². The molecule has 0 aliphatic rings. The van der Waals surface area contributed by atoms with Gasteiger partial charge in [0.15, 0.2) is 0 Å². The number of aliphatic hydroxyl groups is 1. The number of hydrogen-bond donors (Lipinski definition) is 1. The van der Waals surface area contributed by atoms with E-state index in [1.54, 1.807) is 0 Å². The maximum atomic E-state index is 11.6. The van der Waals surface area contributed by atoms with E-state index in [1.165, 1.54) is 77.0 Å². The minimum atomic E-state index is -4.33. The first-order valence-electron chi connectivity index (χ1n) is 12.5. The summed E-state index contributed by atoms with van der Waals surface area (Å²) in [5, 5.41) is 9.24. The van der Waals surface area contributed by atoms with Crippen molar-refractivity contribution in [3.63, 3.8) is 0 Å². The minimum absolute atomic E-state index is 0. The van der Waals surface area contributed by atoms with Gasteiger partial charge in [0.1, 0.15) is 0 Å². The largest absolute Gasteiger partial charge is 1.00 e. The van der Waals surface area contributed by atoms with Crippen molar-refractivity contribution in [2.45, 2.75) is 154 Å². The molecule has 30 heavy (non-hydrogen) atoms. The molecule has 6 heteroatoms. The molecule has 0 aliphatic heterocycles. The van der Waals surface area contributed by atoms with E-state index >= 15 is 0 Å². The summed E-state index contributed by atoms with van der Waals surface area (Å²) in [6, 6.07) is 0. The van der Waals surface area contributed by atoms with E-state index in [0.717, 1.165) is 32.1 Å². The molecule has 176 valence electrons. The van der Waals surface area contributed by atoms with Gasteiger partial charge < -0.3 is 9.66 Å². The van der Waals surface area contributed by atoms with Crippen LogP contribution in [0.4, 0.5) is 0 Å². The standard InChI is InChI=1S/C24H50O4S.K/c1-3-5-7-9-11-12-13-14-15-17-19-21-24(29(26,27)28)22-23(25)20-18-16-10-8-6-4-2;/h23-25H,3-22H2,1-2H3,(H,26,27,28);/q;+1/p-1. The second kappa shape index (κ2) is 23.7. The Bertz CT molecular complexity index is 442. The monoisotopic (exact) mass is 472 g/mol. The van der Waals surface area contributed by atoms with Gasteiger partial charge in [0.25, 0.3) is 0 Å². The van der Waals surface area contributed by atoms with Gasteiger partial charge in [0, 0.05) is 0 Å². The van der Waals surface area contributed by atoms with Gasteiger partial charge in [0.05, 0.1) is 21.5 Å². The van der Waals surface area contributed by atoms with Gasteiger partial charge in [-0.05, 0) is 19.3 Å². The van der Waals surface area contributed by atoms with Crippen LogP contribution in [0.1, 0.15) is 142 Å². The molecule has 1 N–H and O–H groups in total. The van der Waals surface area contributed by atoms with Gasteiger partial charge in [-0.1, -0.05) is 123 Å². The quantitative estimate of drug-likeness (QED) is 0.146. The number of hydrogen-bond acceptors (Lipinski definition) is 4. The molecule has 0 aromatic heterocycles. The summed E-state index contributed by atoms with van der Waals surface area (Å²) in [7, 11) is -4.33. The molecule has 0 heterocycles. The summed E-state index contributed by atoms with van der Waals surface area (Å²) in [4.78, 5) is 0. The first kappa shape index (κ1) is 33.7. The fraction of sp³-hybridized carbons (Fsp3) is 1.00. The topological polar surface area (TPSA) is 77.4 Å². The third kappa shape index (κ3) is 22.7. The SMILES string of the molecule is CCCCCCCCCCCCCC(CC(O)CCCCCCCC)S(=O)(=O)[O-].[K+]. The van der Waals surface area contributed by atoms with Crippen LogP contribution in [0, 0.1) is 0 Å². The van der Waals surface area contributed by atoms with Crippen molar-refractivity contribution in [1.29, 1.82) is 0 Å². The molecule has 0 aromatic carbocycles. The van der Waals surface area contributed by atoms with Gasteiger partial charge in [0.2, 0.25) is 0 Å². The summed E-state index contributed by atoms with van der Waals surface area (Å²) in [5.74, 6) is 0. The third-order valence-corrected chi connectivity index (χ3v) is 7.21. The Balaban J connectivity index is 0. The fourth-order valence-corrected chi connectivity index (χ4v) is 4.91. The van der Waals surface area contributed by atoms with Gasteiger partial charge in [-0.25, -0.2) is 8.42 Å². The Morgan fingerprint density at radius 3 is 1.33 bits per heavy atom. The van der Waals surface area contributed by atoms with E-state index in [2.05, 4.69) is 13.8 Å².